The van der Waals surface area contributed by atoms with Crippen LogP contribution in [0.2, 0.25) is 5.02 Å². The number of urea groups is 1. The number of methoxy groups -OCH3 is 1. The summed E-state index contributed by atoms with van der Waals surface area (Å²) in [5.74, 6) is -0.946. The number of hydrogen-bond donors (Lipinski definition) is 3. The molecule has 0 bridgehead atoms. The second-order valence-corrected chi connectivity index (χ2v) is 6.15. The maximum atomic E-state index is 12.1. The number of rotatable bonds is 6. The molecule has 0 aliphatic rings. The summed E-state index contributed by atoms with van der Waals surface area (Å²) < 4.78 is 4.45. The molecule has 3 N–H and O–H groups in total. The van der Waals surface area contributed by atoms with Crippen molar-refractivity contribution < 1.29 is 19.1 Å². The number of halogens is 1. The van der Waals surface area contributed by atoms with E-state index in [1.807, 2.05) is 19.1 Å². The van der Waals surface area contributed by atoms with Gasteiger partial charge in [-0.25, -0.2) is 4.79 Å². The van der Waals surface area contributed by atoms with Crippen LogP contribution < -0.4 is 16.0 Å². The van der Waals surface area contributed by atoms with Crippen LogP contribution in [0, 0.1) is 0 Å². The molecule has 142 valence electrons. The number of carbonyl (C=O) groups is 3. The lowest BCUT2D eigenvalue weighted by molar-refractivity contribution is -0.139. The van der Waals surface area contributed by atoms with Crippen LogP contribution >= 0.6 is 11.6 Å². The number of amides is 3. The molecule has 0 unspecified atom stereocenters. The van der Waals surface area contributed by atoms with Gasteiger partial charge in [-0.2, -0.15) is 0 Å². The molecule has 0 radical (unpaired) electrons. The lowest BCUT2D eigenvalue weighted by Gasteiger charge is -2.15. The van der Waals surface area contributed by atoms with Crippen molar-refractivity contribution in [3.8, 4) is 0 Å². The van der Waals surface area contributed by atoms with Gasteiger partial charge in [-0.1, -0.05) is 23.7 Å². The third kappa shape index (κ3) is 6.31. The summed E-state index contributed by atoms with van der Waals surface area (Å²) in [6.07, 6.45) is 0. The zero-order valence-corrected chi connectivity index (χ0v) is 15.7. The molecule has 0 aliphatic heterocycles. The van der Waals surface area contributed by atoms with E-state index >= 15 is 0 Å². The van der Waals surface area contributed by atoms with Crippen LogP contribution in [0.3, 0.4) is 0 Å². The molecule has 7 nitrogen and oxygen atoms in total. The average molecular weight is 390 g/mol. The van der Waals surface area contributed by atoms with E-state index in [9.17, 15) is 14.4 Å². The molecular weight excluding hydrogens is 370 g/mol. The Hall–Kier alpha value is -3.06. The van der Waals surface area contributed by atoms with Crippen molar-refractivity contribution in [3.63, 3.8) is 0 Å². The number of carbonyl (C=O) groups excluding carboxylic acids is 3. The summed E-state index contributed by atoms with van der Waals surface area (Å²) in [5, 5.41) is 8.54. The summed E-state index contributed by atoms with van der Waals surface area (Å²) in [7, 11) is 1.24. The first-order valence-corrected chi connectivity index (χ1v) is 8.55. The highest BCUT2D eigenvalue weighted by Gasteiger charge is 2.11. The topological polar surface area (TPSA) is 96.5 Å². The van der Waals surface area contributed by atoms with Crippen molar-refractivity contribution in [2.45, 2.75) is 13.0 Å². The number of hydrogen-bond acceptors (Lipinski definition) is 4. The molecule has 0 aliphatic carbocycles. The van der Waals surface area contributed by atoms with Gasteiger partial charge in [0.2, 0.25) is 0 Å². The SMILES string of the molecule is COC(=O)CNC(=O)c1ccc(NC(=O)N[C@H](C)c2cccc(Cl)c2)cc1. The van der Waals surface area contributed by atoms with E-state index in [-0.39, 0.29) is 18.6 Å². The van der Waals surface area contributed by atoms with Gasteiger partial charge in [-0.05, 0) is 48.9 Å². The molecule has 0 saturated heterocycles. The van der Waals surface area contributed by atoms with Gasteiger partial charge in [0.25, 0.3) is 5.91 Å². The summed E-state index contributed by atoms with van der Waals surface area (Å²) in [4.78, 5) is 35.1. The molecule has 1 atom stereocenters. The smallest absolute Gasteiger partial charge is 0.325 e. The molecule has 0 fully saturated rings. The zero-order valence-electron chi connectivity index (χ0n) is 14.9. The van der Waals surface area contributed by atoms with Crippen molar-refractivity contribution >= 4 is 35.2 Å². The lowest BCUT2D eigenvalue weighted by atomic mass is 10.1. The fourth-order valence-electron chi connectivity index (χ4n) is 2.25. The minimum atomic E-state index is -0.535. The molecule has 2 rings (SSSR count). The zero-order chi connectivity index (χ0) is 19.8. The average Bonchev–Trinajstić information content (AvgIpc) is 2.66. The van der Waals surface area contributed by atoms with Crippen LogP contribution in [0.4, 0.5) is 10.5 Å². The number of esters is 1. The van der Waals surface area contributed by atoms with E-state index in [2.05, 4.69) is 20.7 Å². The Morgan fingerprint density at radius 2 is 1.81 bits per heavy atom. The minimum absolute atomic E-state index is 0.209. The van der Waals surface area contributed by atoms with Crippen LogP contribution in [0.15, 0.2) is 48.5 Å². The van der Waals surface area contributed by atoms with Crippen LogP contribution in [-0.4, -0.2) is 31.6 Å². The predicted octanol–water partition coefficient (Wildman–Crippen LogP) is 3.13. The van der Waals surface area contributed by atoms with E-state index in [0.29, 0.717) is 16.3 Å². The molecule has 0 spiro atoms. The summed E-state index contributed by atoms with van der Waals surface area (Å²) in [6.45, 7) is 1.64. The van der Waals surface area contributed by atoms with Gasteiger partial charge in [0.05, 0.1) is 13.2 Å². The van der Waals surface area contributed by atoms with Gasteiger partial charge in [-0.15, -0.1) is 0 Å². The monoisotopic (exact) mass is 389 g/mol. The fraction of sp³-hybridized carbons (Fsp3) is 0.211. The molecule has 27 heavy (non-hydrogen) atoms. The Bertz CT molecular complexity index is 824. The highest BCUT2D eigenvalue weighted by Crippen LogP contribution is 2.17. The van der Waals surface area contributed by atoms with Crippen molar-refractivity contribution in [3.05, 3.63) is 64.7 Å². The van der Waals surface area contributed by atoms with E-state index in [1.54, 1.807) is 36.4 Å². The summed E-state index contributed by atoms with van der Waals surface area (Å²) >= 11 is 5.96. The standard InChI is InChI=1S/C19H20ClN3O4/c1-12(14-4-3-5-15(20)10-14)22-19(26)23-16-8-6-13(7-9-16)18(25)21-11-17(24)27-2/h3-10,12H,11H2,1-2H3,(H,21,25)(H2,22,23,26)/t12-/m1/s1. The first-order valence-electron chi connectivity index (χ1n) is 8.17. The van der Waals surface area contributed by atoms with E-state index in [1.165, 1.54) is 7.11 Å². The molecule has 2 aromatic carbocycles. The minimum Gasteiger partial charge on any atom is -0.468 e. The number of anilines is 1. The molecule has 3 amide bonds. The fourth-order valence-corrected chi connectivity index (χ4v) is 2.45. The Morgan fingerprint density at radius 1 is 1.11 bits per heavy atom. The number of nitrogens with one attached hydrogen (secondary N) is 3. The molecule has 0 saturated carbocycles. The maximum Gasteiger partial charge on any atom is 0.325 e. The highest BCUT2D eigenvalue weighted by atomic mass is 35.5. The third-order valence-electron chi connectivity index (χ3n) is 3.72. The van der Waals surface area contributed by atoms with Crippen LogP contribution in [-0.2, 0) is 9.53 Å². The Morgan fingerprint density at radius 3 is 2.44 bits per heavy atom. The Balaban J connectivity index is 1.89. The maximum absolute atomic E-state index is 12.1. The number of benzene rings is 2. The largest absolute Gasteiger partial charge is 0.468 e. The third-order valence-corrected chi connectivity index (χ3v) is 3.96. The molecular formula is C19H20ClN3O4. The second-order valence-electron chi connectivity index (χ2n) is 5.71. The van der Waals surface area contributed by atoms with E-state index < -0.39 is 11.9 Å². The van der Waals surface area contributed by atoms with Crippen molar-refractivity contribution in [2.75, 3.05) is 19.0 Å². The normalized spacial score (nSPS) is 11.2. The quantitative estimate of drug-likeness (QED) is 0.661. The predicted molar refractivity (Wildman–Crippen MR) is 103 cm³/mol. The molecule has 0 heterocycles. The number of ether oxygens (including phenoxy) is 1. The first-order chi connectivity index (χ1) is 12.9. The van der Waals surface area contributed by atoms with Crippen molar-refractivity contribution in [2.24, 2.45) is 0 Å². The van der Waals surface area contributed by atoms with Crippen LogP contribution in [0.5, 0.6) is 0 Å². The van der Waals surface area contributed by atoms with Gasteiger partial charge in [-0.3, -0.25) is 9.59 Å². The van der Waals surface area contributed by atoms with Crippen molar-refractivity contribution in [1.82, 2.24) is 10.6 Å². The van der Waals surface area contributed by atoms with Crippen molar-refractivity contribution in [1.29, 1.82) is 0 Å². The van der Waals surface area contributed by atoms with Gasteiger partial charge in [0, 0.05) is 16.3 Å². The van der Waals surface area contributed by atoms with Crippen LogP contribution in [0.25, 0.3) is 0 Å². The van der Waals surface area contributed by atoms with Gasteiger partial charge in [0.15, 0.2) is 0 Å². The van der Waals surface area contributed by atoms with Gasteiger partial charge in [0.1, 0.15) is 6.54 Å². The second kappa shape index (κ2) is 9.59. The van der Waals surface area contributed by atoms with E-state index in [4.69, 9.17) is 11.6 Å². The summed E-state index contributed by atoms with van der Waals surface area (Å²) in [5.41, 5.74) is 1.77. The highest BCUT2D eigenvalue weighted by molar-refractivity contribution is 6.30. The van der Waals surface area contributed by atoms with Gasteiger partial charge < -0.3 is 20.7 Å². The lowest BCUT2D eigenvalue weighted by Crippen LogP contribution is -2.31. The first kappa shape index (κ1) is 20.3. The van der Waals surface area contributed by atoms with E-state index in [0.717, 1.165) is 5.56 Å². The Kier molecular flexibility index (Phi) is 7.19. The molecule has 0 aromatic heterocycles. The van der Waals surface area contributed by atoms with Gasteiger partial charge >= 0.3 is 12.0 Å². The summed E-state index contributed by atoms with van der Waals surface area (Å²) in [6, 6.07) is 12.9. The van der Waals surface area contributed by atoms with Crippen LogP contribution in [0.1, 0.15) is 28.9 Å². The molecule has 2 aromatic rings. The molecule has 8 heteroatoms. The Labute approximate surface area is 162 Å².